The van der Waals surface area contributed by atoms with E-state index in [0.29, 0.717) is 5.92 Å². The Kier molecular flexibility index (Phi) is 3.69. The molecule has 2 aromatic rings. The molecule has 0 amide bonds. The van der Waals surface area contributed by atoms with Gasteiger partial charge in [0.15, 0.2) is 0 Å². The third kappa shape index (κ3) is 2.45. The van der Waals surface area contributed by atoms with Crippen molar-refractivity contribution in [2.24, 2.45) is 5.92 Å². The SMILES string of the molecule is Cc1cc2nc(C3CCC3)n(CC3CCNCC3)c2cc1C. The molecule has 1 aromatic carbocycles. The van der Waals surface area contributed by atoms with Crippen LogP contribution in [0, 0.1) is 19.8 Å². The maximum atomic E-state index is 5.05. The first-order chi connectivity index (χ1) is 10.7. The first-order valence-corrected chi connectivity index (χ1v) is 8.90. The molecule has 3 nitrogen and oxygen atoms in total. The first-order valence-electron chi connectivity index (χ1n) is 8.90. The van der Waals surface area contributed by atoms with Gasteiger partial charge in [-0.1, -0.05) is 6.42 Å². The zero-order valence-corrected chi connectivity index (χ0v) is 13.9. The van der Waals surface area contributed by atoms with Gasteiger partial charge in [0.2, 0.25) is 0 Å². The molecule has 1 N–H and O–H groups in total. The zero-order valence-electron chi connectivity index (χ0n) is 13.9. The predicted molar refractivity (Wildman–Crippen MR) is 91.4 cm³/mol. The average molecular weight is 297 g/mol. The van der Waals surface area contributed by atoms with Gasteiger partial charge in [-0.25, -0.2) is 4.98 Å². The van der Waals surface area contributed by atoms with Crippen LogP contribution in [0.5, 0.6) is 0 Å². The minimum Gasteiger partial charge on any atom is -0.327 e. The van der Waals surface area contributed by atoms with E-state index in [1.165, 1.54) is 73.2 Å². The molecule has 0 bridgehead atoms. The Morgan fingerprint density at radius 1 is 1.09 bits per heavy atom. The molecule has 0 spiro atoms. The highest BCUT2D eigenvalue weighted by molar-refractivity contribution is 5.78. The highest BCUT2D eigenvalue weighted by Crippen LogP contribution is 2.38. The van der Waals surface area contributed by atoms with E-state index >= 15 is 0 Å². The molecule has 0 radical (unpaired) electrons. The lowest BCUT2D eigenvalue weighted by molar-refractivity contribution is 0.318. The van der Waals surface area contributed by atoms with E-state index in [-0.39, 0.29) is 0 Å². The van der Waals surface area contributed by atoms with Gasteiger partial charge in [0.1, 0.15) is 5.82 Å². The Hall–Kier alpha value is -1.35. The van der Waals surface area contributed by atoms with Crippen molar-refractivity contribution in [2.75, 3.05) is 13.1 Å². The normalized spacial score (nSPS) is 20.5. The van der Waals surface area contributed by atoms with E-state index in [1.54, 1.807) is 0 Å². The number of imidazole rings is 1. The minimum atomic E-state index is 0.703. The van der Waals surface area contributed by atoms with Gasteiger partial charge >= 0.3 is 0 Å². The summed E-state index contributed by atoms with van der Waals surface area (Å²) < 4.78 is 2.57. The Morgan fingerprint density at radius 3 is 2.50 bits per heavy atom. The summed E-state index contributed by atoms with van der Waals surface area (Å²) in [5.74, 6) is 2.87. The molecular formula is C19H27N3. The summed E-state index contributed by atoms with van der Waals surface area (Å²) >= 11 is 0. The van der Waals surface area contributed by atoms with Gasteiger partial charge in [-0.15, -0.1) is 0 Å². The number of nitrogens with one attached hydrogen (secondary N) is 1. The molecule has 2 heterocycles. The Balaban J connectivity index is 1.76. The molecule has 2 fully saturated rings. The average Bonchev–Trinajstić information content (AvgIpc) is 2.77. The van der Waals surface area contributed by atoms with Crippen molar-refractivity contribution in [3.63, 3.8) is 0 Å². The number of benzene rings is 1. The van der Waals surface area contributed by atoms with Crippen molar-refractivity contribution >= 4 is 11.0 Å². The predicted octanol–water partition coefficient (Wildman–Crippen LogP) is 3.92. The topological polar surface area (TPSA) is 29.9 Å². The number of piperidine rings is 1. The van der Waals surface area contributed by atoms with E-state index in [1.807, 2.05) is 0 Å². The van der Waals surface area contributed by atoms with Gasteiger partial charge in [-0.05, 0) is 81.8 Å². The Bertz CT molecular complexity index is 676. The first kappa shape index (κ1) is 14.3. The summed E-state index contributed by atoms with van der Waals surface area (Å²) in [5.41, 5.74) is 5.32. The summed E-state index contributed by atoms with van der Waals surface area (Å²) in [6.07, 6.45) is 6.63. The van der Waals surface area contributed by atoms with Gasteiger partial charge in [-0.2, -0.15) is 0 Å². The maximum Gasteiger partial charge on any atom is 0.112 e. The number of aromatic nitrogens is 2. The molecule has 118 valence electrons. The molecular weight excluding hydrogens is 270 g/mol. The molecule has 1 aliphatic carbocycles. The number of fused-ring (bicyclic) bond motifs is 1. The molecule has 1 aromatic heterocycles. The number of hydrogen-bond donors (Lipinski definition) is 1. The lowest BCUT2D eigenvalue weighted by atomic mass is 9.84. The van der Waals surface area contributed by atoms with E-state index in [9.17, 15) is 0 Å². The highest BCUT2D eigenvalue weighted by atomic mass is 15.1. The van der Waals surface area contributed by atoms with E-state index in [4.69, 9.17) is 4.98 Å². The quantitative estimate of drug-likeness (QED) is 0.930. The zero-order chi connectivity index (χ0) is 15.1. The van der Waals surface area contributed by atoms with Crippen molar-refractivity contribution in [3.8, 4) is 0 Å². The molecule has 4 rings (SSSR count). The van der Waals surface area contributed by atoms with Gasteiger partial charge in [0, 0.05) is 12.5 Å². The molecule has 1 aliphatic heterocycles. The van der Waals surface area contributed by atoms with Crippen LogP contribution >= 0.6 is 0 Å². The highest BCUT2D eigenvalue weighted by Gasteiger charge is 2.27. The summed E-state index contributed by atoms with van der Waals surface area (Å²) in [5, 5.41) is 3.48. The van der Waals surface area contributed by atoms with Crippen LogP contribution in [0.2, 0.25) is 0 Å². The number of aryl methyl sites for hydroxylation is 2. The van der Waals surface area contributed by atoms with Gasteiger partial charge in [0.25, 0.3) is 0 Å². The van der Waals surface area contributed by atoms with E-state index < -0.39 is 0 Å². The monoisotopic (exact) mass is 297 g/mol. The summed E-state index contributed by atoms with van der Waals surface area (Å²) in [4.78, 5) is 5.05. The molecule has 22 heavy (non-hydrogen) atoms. The van der Waals surface area contributed by atoms with Crippen molar-refractivity contribution in [2.45, 2.75) is 58.4 Å². The largest absolute Gasteiger partial charge is 0.327 e. The third-order valence-electron chi connectivity index (χ3n) is 5.76. The molecule has 0 unspecified atom stereocenters. The third-order valence-corrected chi connectivity index (χ3v) is 5.76. The fourth-order valence-electron chi connectivity index (χ4n) is 3.89. The molecule has 1 saturated heterocycles. The number of hydrogen-bond acceptors (Lipinski definition) is 2. The van der Waals surface area contributed by atoms with Crippen LogP contribution in [0.15, 0.2) is 12.1 Å². The standard InChI is InChI=1S/C19H27N3/c1-13-10-17-18(11-14(13)2)22(12-15-6-8-20-9-7-15)19(21-17)16-4-3-5-16/h10-11,15-16,20H,3-9,12H2,1-2H3. The van der Waals surface area contributed by atoms with Crippen LogP contribution in [0.3, 0.4) is 0 Å². The summed E-state index contributed by atoms with van der Waals surface area (Å²) in [6.45, 7) is 7.93. The maximum absolute atomic E-state index is 5.05. The smallest absolute Gasteiger partial charge is 0.112 e. The number of rotatable bonds is 3. The second-order valence-electron chi connectivity index (χ2n) is 7.33. The van der Waals surface area contributed by atoms with Crippen molar-refractivity contribution in [3.05, 3.63) is 29.1 Å². The van der Waals surface area contributed by atoms with Crippen LogP contribution in [-0.4, -0.2) is 22.6 Å². The minimum absolute atomic E-state index is 0.703. The van der Waals surface area contributed by atoms with Crippen molar-refractivity contribution in [1.82, 2.24) is 14.9 Å². The van der Waals surface area contributed by atoms with Crippen LogP contribution < -0.4 is 5.32 Å². The fraction of sp³-hybridized carbons (Fsp3) is 0.632. The molecule has 3 heteroatoms. The van der Waals surface area contributed by atoms with Crippen molar-refractivity contribution < 1.29 is 0 Å². The second kappa shape index (κ2) is 5.69. The van der Waals surface area contributed by atoms with Crippen LogP contribution in [0.4, 0.5) is 0 Å². The second-order valence-corrected chi connectivity index (χ2v) is 7.33. The number of nitrogens with zero attached hydrogens (tertiary/aromatic N) is 2. The van der Waals surface area contributed by atoms with Gasteiger partial charge in [0.05, 0.1) is 11.0 Å². The lowest BCUT2D eigenvalue weighted by Gasteiger charge is -2.28. The Morgan fingerprint density at radius 2 is 1.82 bits per heavy atom. The van der Waals surface area contributed by atoms with Crippen molar-refractivity contribution in [1.29, 1.82) is 0 Å². The van der Waals surface area contributed by atoms with Gasteiger partial charge < -0.3 is 9.88 Å². The fourth-order valence-corrected chi connectivity index (χ4v) is 3.89. The lowest BCUT2D eigenvalue weighted by Crippen LogP contribution is -2.30. The van der Waals surface area contributed by atoms with Crippen LogP contribution in [-0.2, 0) is 6.54 Å². The summed E-state index contributed by atoms with van der Waals surface area (Å²) in [6, 6.07) is 4.65. The molecule has 0 atom stereocenters. The van der Waals surface area contributed by atoms with E-state index in [2.05, 4.69) is 35.9 Å². The van der Waals surface area contributed by atoms with Gasteiger partial charge in [-0.3, -0.25) is 0 Å². The molecule has 2 aliphatic rings. The molecule has 1 saturated carbocycles. The van der Waals surface area contributed by atoms with Crippen LogP contribution in [0.25, 0.3) is 11.0 Å². The van der Waals surface area contributed by atoms with E-state index in [0.717, 1.165) is 12.5 Å². The summed E-state index contributed by atoms with van der Waals surface area (Å²) in [7, 11) is 0. The Labute approximate surface area is 133 Å². The van der Waals surface area contributed by atoms with Crippen LogP contribution in [0.1, 0.15) is 55.0 Å².